The van der Waals surface area contributed by atoms with E-state index < -0.39 is 0 Å². The number of fused-ring (bicyclic) bond motifs is 2. The van der Waals surface area contributed by atoms with E-state index in [2.05, 4.69) is 20.2 Å². The van der Waals surface area contributed by atoms with Crippen LogP contribution in [0.3, 0.4) is 0 Å². The van der Waals surface area contributed by atoms with Gasteiger partial charge in [0, 0.05) is 41.7 Å². The van der Waals surface area contributed by atoms with Crippen molar-refractivity contribution in [3.8, 4) is 28.0 Å². The Morgan fingerprint density at radius 3 is 2.77 bits per heavy atom. The normalized spacial score (nSPS) is 11.5. The zero-order valence-corrected chi connectivity index (χ0v) is 16.9. The van der Waals surface area contributed by atoms with E-state index >= 15 is 0 Å². The highest BCUT2D eigenvalue weighted by Gasteiger charge is 2.17. The van der Waals surface area contributed by atoms with Crippen LogP contribution in [0.2, 0.25) is 0 Å². The monoisotopic (exact) mass is 418 g/mol. The first-order valence-electron chi connectivity index (χ1n) is 9.76. The van der Waals surface area contributed by atoms with E-state index in [1.54, 1.807) is 47.5 Å². The van der Waals surface area contributed by atoms with Gasteiger partial charge >= 0.3 is 0 Å². The summed E-state index contributed by atoms with van der Waals surface area (Å²) >= 11 is 0. The topological polar surface area (TPSA) is 90.4 Å². The molecule has 0 atom stereocenters. The van der Waals surface area contributed by atoms with Gasteiger partial charge in [0.1, 0.15) is 22.7 Å². The van der Waals surface area contributed by atoms with Crippen molar-refractivity contribution >= 4 is 16.8 Å². The number of nitrogens with zero attached hydrogens (tertiary/aromatic N) is 6. The lowest BCUT2D eigenvalue weighted by atomic mass is 9.99. The maximum atomic E-state index is 15.0. The van der Waals surface area contributed by atoms with E-state index in [-0.39, 0.29) is 12.4 Å². The number of aliphatic hydroxyl groups is 1. The molecule has 4 heterocycles. The number of rotatable bonds is 5. The number of aryl methyl sites for hydroxylation is 1. The predicted octanol–water partition coefficient (Wildman–Crippen LogP) is 3.47. The summed E-state index contributed by atoms with van der Waals surface area (Å²) in [7, 11) is 1.53. The quantitative estimate of drug-likeness (QED) is 0.470. The standard InChI is InChI=1S/C22H19FN6O2/c1-3-28-12-24-21-16(8-25-27-22(21)28)13-4-5-18(23)15(6-13)17-10-29-9-14(11-30)26-20(29)7-19(17)31-2/h4-10,12,30H,3,11H2,1-2H3. The van der Waals surface area contributed by atoms with E-state index in [1.807, 2.05) is 11.5 Å². The second-order valence-corrected chi connectivity index (χ2v) is 7.07. The molecule has 1 N–H and O–H groups in total. The first-order chi connectivity index (χ1) is 15.1. The van der Waals surface area contributed by atoms with Crippen LogP contribution in [0, 0.1) is 5.82 Å². The number of hydrogen-bond acceptors (Lipinski definition) is 6. The molecule has 156 valence electrons. The fourth-order valence-corrected chi connectivity index (χ4v) is 3.73. The molecule has 0 bridgehead atoms. The van der Waals surface area contributed by atoms with Gasteiger partial charge in [-0.25, -0.2) is 14.4 Å². The molecule has 31 heavy (non-hydrogen) atoms. The average molecular weight is 418 g/mol. The zero-order chi connectivity index (χ0) is 21.5. The largest absolute Gasteiger partial charge is 0.496 e. The van der Waals surface area contributed by atoms with Gasteiger partial charge in [0.2, 0.25) is 0 Å². The summed E-state index contributed by atoms with van der Waals surface area (Å²) < 4.78 is 24.1. The van der Waals surface area contributed by atoms with Crippen LogP contribution >= 0.6 is 0 Å². The number of aromatic nitrogens is 6. The van der Waals surface area contributed by atoms with Gasteiger partial charge in [0.15, 0.2) is 5.65 Å². The molecule has 0 aliphatic carbocycles. The third-order valence-corrected chi connectivity index (χ3v) is 5.30. The van der Waals surface area contributed by atoms with Crippen LogP contribution in [0.15, 0.2) is 49.2 Å². The fourth-order valence-electron chi connectivity index (χ4n) is 3.73. The van der Waals surface area contributed by atoms with Gasteiger partial charge in [-0.05, 0) is 24.6 Å². The SMILES string of the molecule is CCn1cnc2c(-c3ccc(F)c(-c4cn5cc(CO)nc5cc4OC)c3)cnnc21. The Kier molecular flexibility index (Phi) is 4.59. The molecule has 1 aromatic carbocycles. The molecule has 0 aliphatic heterocycles. The molecule has 5 rings (SSSR count). The minimum Gasteiger partial charge on any atom is -0.496 e. The molecule has 0 amide bonds. The zero-order valence-electron chi connectivity index (χ0n) is 16.9. The second kappa shape index (κ2) is 7.44. The highest BCUT2D eigenvalue weighted by molar-refractivity contribution is 5.90. The summed E-state index contributed by atoms with van der Waals surface area (Å²) in [6.07, 6.45) is 6.81. The van der Waals surface area contributed by atoms with E-state index in [1.165, 1.54) is 13.2 Å². The molecule has 9 heteroatoms. The predicted molar refractivity (Wildman–Crippen MR) is 113 cm³/mol. The molecule has 5 aromatic rings. The van der Waals surface area contributed by atoms with Crippen LogP contribution in [0.5, 0.6) is 5.75 Å². The molecular weight excluding hydrogens is 399 g/mol. The number of benzene rings is 1. The average Bonchev–Trinajstić information content (AvgIpc) is 3.41. The third-order valence-electron chi connectivity index (χ3n) is 5.30. The molecule has 0 saturated carbocycles. The third kappa shape index (κ3) is 3.10. The Morgan fingerprint density at radius 1 is 1.13 bits per heavy atom. The first kappa shape index (κ1) is 19.1. The number of pyridine rings is 1. The van der Waals surface area contributed by atoms with Crippen LogP contribution in [0.4, 0.5) is 4.39 Å². The van der Waals surface area contributed by atoms with E-state index in [9.17, 15) is 9.50 Å². The lowest BCUT2D eigenvalue weighted by Gasteiger charge is -2.12. The van der Waals surface area contributed by atoms with Gasteiger partial charge in [-0.3, -0.25) is 0 Å². The molecule has 0 spiro atoms. The van der Waals surface area contributed by atoms with E-state index in [4.69, 9.17) is 4.74 Å². The molecule has 4 aromatic heterocycles. The summed E-state index contributed by atoms with van der Waals surface area (Å²) in [6.45, 7) is 2.55. The van der Waals surface area contributed by atoms with Gasteiger partial charge in [-0.1, -0.05) is 6.07 Å². The molecule has 0 fully saturated rings. The summed E-state index contributed by atoms with van der Waals surface area (Å²) in [4.78, 5) is 8.80. The first-order valence-corrected chi connectivity index (χ1v) is 9.76. The molecule has 0 aliphatic rings. The van der Waals surface area contributed by atoms with Crippen molar-refractivity contribution in [3.05, 3.63) is 60.7 Å². The lowest BCUT2D eigenvalue weighted by Crippen LogP contribution is -1.97. The van der Waals surface area contributed by atoms with E-state index in [0.29, 0.717) is 39.4 Å². The smallest absolute Gasteiger partial charge is 0.183 e. The van der Waals surface area contributed by atoms with Crippen molar-refractivity contribution < 1.29 is 14.2 Å². The van der Waals surface area contributed by atoms with Crippen molar-refractivity contribution in [2.45, 2.75) is 20.1 Å². The van der Waals surface area contributed by atoms with Crippen LogP contribution in [0.25, 0.3) is 39.1 Å². The number of aliphatic hydroxyl groups excluding tert-OH is 1. The lowest BCUT2D eigenvalue weighted by molar-refractivity contribution is 0.277. The van der Waals surface area contributed by atoms with Gasteiger partial charge < -0.3 is 18.8 Å². The van der Waals surface area contributed by atoms with Crippen molar-refractivity contribution in [1.29, 1.82) is 0 Å². The van der Waals surface area contributed by atoms with Crippen molar-refractivity contribution in [2.24, 2.45) is 0 Å². The van der Waals surface area contributed by atoms with Crippen molar-refractivity contribution in [1.82, 2.24) is 29.1 Å². The van der Waals surface area contributed by atoms with Crippen LogP contribution in [0.1, 0.15) is 12.6 Å². The maximum Gasteiger partial charge on any atom is 0.183 e. The molecular formula is C22H19FN6O2. The highest BCUT2D eigenvalue weighted by Crippen LogP contribution is 2.36. The highest BCUT2D eigenvalue weighted by atomic mass is 19.1. The summed E-state index contributed by atoms with van der Waals surface area (Å²) in [5.74, 6) is 0.0909. The Labute approximate surface area is 176 Å². The number of methoxy groups -OCH3 is 1. The Bertz CT molecular complexity index is 1420. The van der Waals surface area contributed by atoms with Crippen LogP contribution in [-0.2, 0) is 13.2 Å². The Morgan fingerprint density at radius 2 is 2.00 bits per heavy atom. The summed E-state index contributed by atoms with van der Waals surface area (Å²) in [5, 5.41) is 17.7. The molecule has 0 radical (unpaired) electrons. The maximum absolute atomic E-state index is 15.0. The Balaban J connectivity index is 1.70. The van der Waals surface area contributed by atoms with Crippen molar-refractivity contribution in [2.75, 3.05) is 7.11 Å². The second-order valence-electron chi connectivity index (χ2n) is 7.07. The summed E-state index contributed by atoms with van der Waals surface area (Å²) in [6, 6.07) is 6.59. The minimum atomic E-state index is -0.388. The van der Waals surface area contributed by atoms with Crippen LogP contribution in [-0.4, -0.2) is 41.3 Å². The molecule has 0 saturated heterocycles. The molecule has 8 nitrogen and oxygen atoms in total. The van der Waals surface area contributed by atoms with Crippen LogP contribution < -0.4 is 4.74 Å². The van der Waals surface area contributed by atoms with Gasteiger partial charge in [-0.2, -0.15) is 5.10 Å². The van der Waals surface area contributed by atoms with Gasteiger partial charge in [0.25, 0.3) is 0 Å². The minimum absolute atomic E-state index is 0.182. The number of hydrogen-bond donors (Lipinski definition) is 1. The fraction of sp³-hybridized carbons (Fsp3) is 0.182. The molecule has 0 unspecified atom stereocenters. The van der Waals surface area contributed by atoms with Gasteiger partial charge in [0.05, 0.1) is 31.9 Å². The number of imidazole rings is 2. The van der Waals surface area contributed by atoms with E-state index in [0.717, 1.165) is 17.7 Å². The number of ether oxygens (including phenoxy) is 1. The Hall–Kier alpha value is -3.85. The summed E-state index contributed by atoms with van der Waals surface area (Å²) in [5.41, 5.74) is 4.98. The van der Waals surface area contributed by atoms with Gasteiger partial charge in [-0.15, -0.1) is 5.10 Å². The van der Waals surface area contributed by atoms with Crippen molar-refractivity contribution in [3.63, 3.8) is 0 Å². The number of halogens is 1.